The number of aliphatic hydroxyl groups excluding tert-OH is 1. The minimum absolute atomic E-state index is 0.0758. The van der Waals surface area contributed by atoms with Crippen molar-refractivity contribution in [2.45, 2.75) is 26.6 Å². The molecule has 96 valence electrons. The molecular weight excluding hydrogens is 230 g/mol. The number of nitrogens with one attached hydrogen (secondary N) is 1. The molecule has 0 atom stereocenters. The van der Waals surface area contributed by atoms with Crippen molar-refractivity contribution in [2.75, 3.05) is 6.61 Å². The van der Waals surface area contributed by atoms with E-state index in [9.17, 15) is 0 Å². The maximum absolute atomic E-state index is 8.77. The molecular formula is C12H17N5O. The Morgan fingerprint density at radius 2 is 2.28 bits per heavy atom. The van der Waals surface area contributed by atoms with Crippen molar-refractivity contribution in [2.24, 2.45) is 0 Å². The van der Waals surface area contributed by atoms with E-state index in [0.717, 1.165) is 12.2 Å². The third-order valence-corrected chi connectivity index (χ3v) is 2.67. The number of aliphatic hydroxyl groups is 1. The molecule has 0 radical (unpaired) electrons. The van der Waals surface area contributed by atoms with E-state index in [0.29, 0.717) is 13.1 Å². The summed E-state index contributed by atoms with van der Waals surface area (Å²) in [5.74, 6) is 0. The molecule has 2 rings (SSSR count). The molecule has 0 spiro atoms. The SMILES string of the molecule is Cc1cnccc1CNCc1cn(CCO)nn1. The first kappa shape index (κ1) is 12.7. The van der Waals surface area contributed by atoms with E-state index >= 15 is 0 Å². The van der Waals surface area contributed by atoms with Gasteiger partial charge in [0.05, 0.1) is 18.8 Å². The van der Waals surface area contributed by atoms with Crippen LogP contribution in [-0.2, 0) is 19.6 Å². The second-order valence-corrected chi connectivity index (χ2v) is 4.10. The Labute approximate surface area is 106 Å². The fourth-order valence-corrected chi connectivity index (χ4v) is 1.66. The number of nitrogens with zero attached hydrogens (tertiary/aromatic N) is 4. The van der Waals surface area contributed by atoms with E-state index in [1.807, 2.05) is 25.4 Å². The molecule has 0 fully saturated rings. The van der Waals surface area contributed by atoms with Gasteiger partial charge >= 0.3 is 0 Å². The normalized spacial score (nSPS) is 10.8. The standard InChI is InChI=1S/C12H17N5O/c1-10-6-13-3-2-11(10)7-14-8-12-9-17(4-5-18)16-15-12/h2-3,6,9,14,18H,4-5,7-8H2,1H3. The third kappa shape index (κ3) is 3.35. The molecule has 2 N–H and O–H groups in total. The summed E-state index contributed by atoms with van der Waals surface area (Å²) in [5, 5.41) is 20.0. The predicted octanol–water partition coefficient (Wildman–Crippen LogP) is 0.264. The summed E-state index contributed by atoms with van der Waals surface area (Å²) >= 11 is 0. The molecule has 0 aliphatic heterocycles. The highest BCUT2D eigenvalue weighted by Crippen LogP contribution is 2.04. The highest BCUT2D eigenvalue weighted by atomic mass is 16.3. The van der Waals surface area contributed by atoms with Gasteiger partial charge in [-0.3, -0.25) is 4.98 Å². The Morgan fingerprint density at radius 1 is 1.39 bits per heavy atom. The van der Waals surface area contributed by atoms with Gasteiger partial charge in [-0.15, -0.1) is 5.10 Å². The molecule has 2 aromatic rings. The predicted molar refractivity (Wildman–Crippen MR) is 66.6 cm³/mol. The van der Waals surface area contributed by atoms with E-state index < -0.39 is 0 Å². The first-order chi connectivity index (χ1) is 8.79. The second kappa shape index (κ2) is 6.23. The largest absolute Gasteiger partial charge is 0.394 e. The van der Waals surface area contributed by atoms with Crippen LogP contribution >= 0.6 is 0 Å². The highest BCUT2D eigenvalue weighted by Gasteiger charge is 2.01. The first-order valence-electron chi connectivity index (χ1n) is 5.89. The summed E-state index contributed by atoms with van der Waals surface area (Å²) in [5.41, 5.74) is 3.27. The lowest BCUT2D eigenvalue weighted by Gasteiger charge is -2.05. The summed E-state index contributed by atoms with van der Waals surface area (Å²) in [6, 6.07) is 2.00. The highest BCUT2D eigenvalue weighted by molar-refractivity contribution is 5.21. The van der Waals surface area contributed by atoms with Gasteiger partial charge in [-0.2, -0.15) is 0 Å². The summed E-state index contributed by atoms with van der Waals surface area (Å²) in [7, 11) is 0. The minimum atomic E-state index is 0.0758. The molecule has 2 aromatic heterocycles. The average molecular weight is 247 g/mol. The molecule has 6 heteroatoms. The van der Waals surface area contributed by atoms with Gasteiger partial charge in [0.15, 0.2) is 0 Å². The van der Waals surface area contributed by atoms with Crippen LogP contribution in [0.4, 0.5) is 0 Å². The van der Waals surface area contributed by atoms with Crippen molar-refractivity contribution in [1.29, 1.82) is 0 Å². The van der Waals surface area contributed by atoms with Gasteiger partial charge < -0.3 is 10.4 Å². The van der Waals surface area contributed by atoms with Crippen LogP contribution < -0.4 is 5.32 Å². The molecule has 0 unspecified atom stereocenters. The van der Waals surface area contributed by atoms with Gasteiger partial charge in [0.2, 0.25) is 0 Å². The Kier molecular flexibility index (Phi) is 4.38. The number of aromatic nitrogens is 4. The minimum Gasteiger partial charge on any atom is -0.394 e. The van der Waals surface area contributed by atoms with E-state index in [-0.39, 0.29) is 6.61 Å². The maximum Gasteiger partial charge on any atom is 0.0964 e. The van der Waals surface area contributed by atoms with Crippen molar-refractivity contribution >= 4 is 0 Å². The Morgan fingerprint density at radius 3 is 3.06 bits per heavy atom. The molecule has 0 aliphatic rings. The monoisotopic (exact) mass is 247 g/mol. The van der Waals surface area contributed by atoms with Crippen LogP contribution in [0.1, 0.15) is 16.8 Å². The van der Waals surface area contributed by atoms with E-state index in [1.165, 1.54) is 11.1 Å². The number of rotatable bonds is 6. The van der Waals surface area contributed by atoms with Crippen LogP contribution in [0.3, 0.4) is 0 Å². The van der Waals surface area contributed by atoms with E-state index in [2.05, 4.69) is 20.6 Å². The van der Waals surface area contributed by atoms with Gasteiger partial charge in [-0.05, 0) is 24.1 Å². The van der Waals surface area contributed by atoms with E-state index in [1.54, 1.807) is 10.9 Å². The number of aryl methyl sites for hydroxylation is 1. The molecule has 0 aliphatic carbocycles. The van der Waals surface area contributed by atoms with Crippen LogP contribution in [-0.4, -0.2) is 31.7 Å². The van der Waals surface area contributed by atoms with Crippen LogP contribution in [0.5, 0.6) is 0 Å². The molecule has 0 bridgehead atoms. The molecule has 0 saturated heterocycles. The average Bonchev–Trinajstić information content (AvgIpc) is 2.80. The number of hydrogen-bond acceptors (Lipinski definition) is 5. The van der Waals surface area contributed by atoms with Gasteiger partial charge in [0.25, 0.3) is 0 Å². The summed E-state index contributed by atoms with van der Waals surface area (Å²) in [4.78, 5) is 4.06. The molecule has 0 aromatic carbocycles. The Hall–Kier alpha value is -1.79. The summed E-state index contributed by atoms with van der Waals surface area (Å²) in [6.45, 7) is 4.04. The van der Waals surface area contributed by atoms with Crippen molar-refractivity contribution in [3.8, 4) is 0 Å². The fourth-order valence-electron chi connectivity index (χ4n) is 1.66. The molecule has 2 heterocycles. The van der Waals surface area contributed by atoms with Crippen molar-refractivity contribution in [3.63, 3.8) is 0 Å². The van der Waals surface area contributed by atoms with Gasteiger partial charge in [0.1, 0.15) is 0 Å². The topological polar surface area (TPSA) is 75.9 Å². The first-order valence-corrected chi connectivity index (χ1v) is 5.89. The Balaban J connectivity index is 1.83. The van der Waals surface area contributed by atoms with Crippen molar-refractivity contribution in [3.05, 3.63) is 41.5 Å². The molecule has 18 heavy (non-hydrogen) atoms. The maximum atomic E-state index is 8.77. The molecule has 0 amide bonds. The zero-order valence-electron chi connectivity index (χ0n) is 10.4. The quantitative estimate of drug-likeness (QED) is 0.766. The van der Waals surface area contributed by atoms with Crippen LogP contribution in [0, 0.1) is 6.92 Å². The van der Waals surface area contributed by atoms with Crippen LogP contribution in [0.15, 0.2) is 24.7 Å². The smallest absolute Gasteiger partial charge is 0.0964 e. The lowest BCUT2D eigenvalue weighted by molar-refractivity contribution is 0.268. The second-order valence-electron chi connectivity index (χ2n) is 4.10. The van der Waals surface area contributed by atoms with Gasteiger partial charge in [-0.1, -0.05) is 5.21 Å². The van der Waals surface area contributed by atoms with Crippen molar-refractivity contribution in [1.82, 2.24) is 25.3 Å². The zero-order valence-corrected chi connectivity index (χ0v) is 10.4. The third-order valence-electron chi connectivity index (χ3n) is 2.67. The zero-order chi connectivity index (χ0) is 12.8. The molecule has 6 nitrogen and oxygen atoms in total. The van der Waals surface area contributed by atoms with Crippen molar-refractivity contribution < 1.29 is 5.11 Å². The summed E-state index contributed by atoms with van der Waals surface area (Å²) in [6.07, 6.45) is 5.48. The van der Waals surface area contributed by atoms with Crippen LogP contribution in [0.2, 0.25) is 0 Å². The van der Waals surface area contributed by atoms with E-state index in [4.69, 9.17) is 5.11 Å². The lowest BCUT2D eigenvalue weighted by atomic mass is 10.1. The number of hydrogen-bond donors (Lipinski definition) is 2. The van der Waals surface area contributed by atoms with Crippen LogP contribution in [0.25, 0.3) is 0 Å². The Bertz CT molecular complexity index is 497. The fraction of sp³-hybridized carbons (Fsp3) is 0.417. The van der Waals surface area contributed by atoms with Gasteiger partial charge in [0, 0.05) is 31.7 Å². The lowest BCUT2D eigenvalue weighted by Crippen LogP contribution is -2.13. The van der Waals surface area contributed by atoms with Gasteiger partial charge in [-0.25, -0.2) is 4.68 Å². The molecule has 0 saturated carbocycles. The summed E-state index contributed by atoms with van der Waals surface area (Å²) < 4.78 is 1.63. The number of pyridine rings is 1.